The summed E-state index contributed by atoms with van der Waals surface area (Å²) in [6.45, 7) is 8.94. The van der Waals surface area contributed by atoms with Crippen LogP contribution in [0.5, 0.6) is 0 Å². The molecule has 0 saturated heterocycles. The molecule has 0 bridgehead atoms. The minimum atomic E-state index is -2.43. The van der Waals surface area contributed by atoms with Gasteiger partial charge in [0, 0.05) is 29.1 Å². The van der Waals surface area contributed by atoms with E-state index in [9.17, 15) is 9.36 Å². The van der Waals surface area contributed by atoms with Gasteiger partial charge in [-0.3, -0.25) is 4.79 Å². The maximum atomic E-state index is 12.6. The highest BCUT2D eigenvalue weighted by Crippen LogP contribution is 2.38. The molecule has 8 heteroatoms. The van der Waals surface area contributed by atoms with Crippen LogP contribution in [0.1, 0.15) is 24.8 Å². The SMILES string of the molecule is C=CC(=O)N[C@@H]1CCC(Nc2ncc(C)c(Nc3ccccc3P(C)(C)=O)n2)C1. The first kappa shape index (κ1) is 21.1. The number of nitrogens with zero attached hydrogens (tertiary/aromatic N) is 2. The molecule has 0 radical (unpaired) electrons. The Balaban J connectivity index is 1.72. The molecule has 1 saturated carbocycles. The van der Waals surface area contributed by atoms with E-state index in [4.69, 9.17) is 0 Å². The minimum absolute atomic E-state index is 0.135. The quantitative estimate of drug-likeness (QED) is 0.476. The lowest BCUT2D eigenvalue weighted by atomic mass is 10.2. The molecule has 1 unspecified atom stereocenters. The van der Waals surface area contributed by atoms with Crippen molar-refractivity contribution in [2.24, 2.45) is 0 Å². The third-order valence-corrected chi connectivity index (χ3v) is 6.56. The van der Waals surface area contributed by atoms with Crippen molar-refractivity contribution in [3.63, 3.8) is 0 Å². The van der Waals surface area contributed by atoms with Crippen molar-refractivity contribution in [1.82, 2.24) is 15.3 Å². The van der Waals surface area contributed by atoms with Crippen molar-refractivity contribution >= 4 is 35.8 Å². The summed E-state index contributed by atoms with van der Waals surface area (Å²) in [4.78, 5) is 20.5. The van der Waals surface area contributed by atoms with Gasteiger partial charge in [0.2, 0.25) is 11.9 Å². The van der Waals surface area contributed by atoms with Crippen LogP contribution in [-0.2, 0) is 9.36 Å². The smallest absolute Gasteiger partial charge is 0.243 e. The molecule has 3 N–H and O–H groups in total. The molecule has 3 rings (SSSR count). The zero-order valence-electron chi connectivity index (χ0n) is 17.1. The predicted octanol–water partition coefficient (Wildman–Crippen LogP) is 3.41. The molecule has 1 aliphatic carbocycles. The number of rotatable bonds is 7. The molecule has 0 spiro atoms. The summed E-state index contributed by atoms with van der Waals surface area (Å²) < 4.78 is 12.6. The van der Waals surface area contributed by atoms with E-state index >= 15 is 0 Å². The van der Waals surface area contributed by atoms with Gasteiger partial charge < -0.3 is 20.5 Å². The maximum Gasteiger partial charge on any atom is 0.243 e. The number of anilines is 3. The molecule has 1 aliphatic rings. The largest absolute Gasteiger partial charge is 0.351 e. The first-order chi connectivity index (χ1) is 13.8. The molecule has 0 aliphatic heterocycles. The highest BCUT2D eigenvalue weighted by molar-refractivity contribution is 7.70. The molecular formula is C21H28N5O2P. The summed E-state index contributed by atoms with van der Waals surface area (Å²) >= 11 is 0. The lowest BCUT2D eigenvalue weighted by Crippen LogP contribution is -2.32. The second kappa shape index (κ2) is 8.78. The van der Waals surface area contributed by atoms with Gasteiger partial charge in [0.15, 0.2) is 0 Å². The van der Waals surface area contributed by atoms with E-state index in [1.807, 2.05) is 31.2 Å². The molecule has 2 atom stereocenters. The molecule has 1 heterocycles. The molecule has 7 nitrogen and oxygen atoms in total. The van der Waals surface area contributed by atoms with Gasteiger partial charge in [0.1, 0.15) is 13.0 Å². The molecule has 29 heavy (non-hydrogen) atoms. The Morgan fingerprint density at radius 1 is 1.24 bits per heavy atom. The normalized spacial score (nSPS) is 18.9. The van der Waals surface area contributed by atoms with Crippen LogP contribution in [0.15, 0.2) is 43.1 Å². The second-order valence-corrected chi connectivity index (χ2v) is 11.0. The van der Waals surface area contributed by atoms with Crippen LogP contribution in [0.3, 0.4) is 0 Å². The topological polar surface area (TPSA) is 96.0 Å². The maximum absolute atomic E-state index is 12.6. The van der Waals surface area contributed by atoms with Crippen LogP contribution < -0.4 is 21.3 Å². The highest BCUT2D eigenvalue weighted by atomic mass is 31.2. The van der Waals surface area contributed by atoms with Gasteiger partial charge in [-0.2, -0.15) is 4.98 Å². The standard InChI is InChI=1S/C21H28N5O2P/c1-5-19(27)23-15-10-11-16(12-15)24-21-22-13-14(2)20(26-21)25-17-8-6-7-9-18(17)29(3,4)28/h5-9,13,15-16H,1,10-12H2,2-4H3,(H,23,27)(H2,22,24,25,26)/t15-,16?/m1/s1. The Morgan fingerprint density at radius 2 is 1.97 bits per heavy atom. The summed E-state index contributed by atoms with van der Waals surface area (Å²) in [6, 6.07) is 7.92. The Bertz CT molecular complexity index is 956. The number of hydrogen-bond acceptors (Lipinski definition) is 6. The van der Waals surface area contributed by atoms with E-state index in [0.717, 1.165) is 35.8 Å². The molecule has 154 valence electrons. The number of amides is 1. The number of para-hydroxylation sites is 1. The van der Waals surface area contributed by atoms with Gasteiger partial charge in [0.25, 0.3) is 0 Å². The monoisotopic (exact) mass is 413 g/mol. The van der Waals surface area contributed by atoms with Crippen molar-refractivity contribution in [1.29, 1.82) is 0 Å². The first-order valence-corrected chi connectivity index (χ1v) is 12.3. The van der Waals surface area contributed by atoms with Crippen molar-refractivity contribution < 1.29 is 9.36 Å². The van der Waals surface area contributed by atoms with E-state index in [-0.39, 0.29) is 18.0 Å². The van der Waals surface area contributed by atoms with E-state index in [2.05, 4.69) is 32.5 Å². The zero-order chi connectivity index (χ0) is 21.0. The third kappa shape index (κ3) is 5.45. The zero-order valence-corrected chi connectivity index (χ0v) is 18.0. The van der Waals surface area contributed by atoms with Crippen LogP contribution in [0.2, 0.25) is 0 Å². The van der Waals surface area contributed by atoms with Crippen molar-refractivity contribution in [2.75, 3.05) is 24.0 Å². The second-order valence-electron chi connectivity index (χ2n) is 7.78. The minimum Gasteiger partial charge on any atom is -0.351 e. The van der Waals surface area contributed by atoms with Crippen LogP contribution in [0.4, 0.5) is 17.5 Å². The third-order valence-electron chi connectivity index (χ3n) is 5.01. The summed E-state index contributed by atoms with van der Waals surface area (Å²) in [6.07, 6.45) is 5.72. The number of hydrogen-bond donors (Lipinski definition) is 3. The van der Waals surface area contributed by atoms with Gasteiger partial charge in [-0.25, -0.2) is 4.98 Å². The predicted molar refractivity (Wildman–Crippen MR) is 119 cm³/mol. The summed E-state index contributed by atoms with van der Waals surface area (Å²) in [5, 5.41) is 10.4. The summed E-state index contributed by atoms with van der Waals surface area (Å²) in [5.41, 5.74) is 1.69. The van der Waals surface area contributed by atoms with Crippen molar-refractivity contribution in [3.05, 3.63) is 48.7 Å². The number of aromatic nitrogens is 2. The molecular weight excluding hydrogens is 385 g/mol. The first-order valence-electron chi connectivity index (χ1n) is 9.71. The van der Waals surface area contributed by atoms with E-state index < -0.39 is 7.14 Å². The van der Waals surface area contributed by atoms with Gasteiger partial charge in [-0.15, -0.1) is 0 Å². The van der Waals surface area contributed by atoms with Crippen molar-refractivity contribution in [2.45, 2.75) is 38.3 Å². The Morgan fingerprint density at radius 3 is 2.69 bits per heavy atom. The Hall–Kier alpha value is -2.66. The fraction of sp³-hybridized carbons (Fsp3) is 0.381. The van der Waals surface area contributed by atoms with Crippen LogP contribution in [0.25, 0.3) is 0 Å². The average molecular weight is 413 g/mol. The Labute approximate surface area is 171 Å². The van der Waals surface area contributed by atoms with E-state index in [1.54, 1.807) is 19.5 Å². The Kier molecular flexibility index (Phi) is 6.38. The van der Waals surface area contributed by atoms with E-state index in [1.165, 1.54) is 6.08 Å². The van der Waals surface area contributed by atoms with Crippen molar-refractivity contribution in [3.8, 4) is 0 Å². The average Bonchev–Trinajstić information content (AvgIpc) is 3.10. The van der Waals surface area contributed by atoms with E-state index in [0.29, 0.717) is 11.8 Å². The number of nitrogens with one attached hydrogen (secondary N) is 3. The fourth-order valence-corrected chi connectivity index (χ4v) is 4.66. The van der Waals surface area contributed by atoms with Crippen LogP contribution in [0, 0.1) is 6.92 Å². The number of carbonyl (C=O) groups is 1. The number of carbonyl (C=O) groups excluding carboxylic acids is 1. The van der Waals surface area contributed by atoms with Gasteiger partial charge in [-0.1, -0.05) is 18.7 Å². The van der Waals surface area contributed by atoms with Crippen LogP contribution in [-0.4, -0.2) is 41.3 Å². The molecule has 1 aromatic heterocycles. The number of benzene rings is 1. The molecule has 1 aromatic carbocycles. The lowest BCUT2D eigenvalue weighted by Gasteiger charge is -2.17. The fourth-order valence-electron chi connectivity index (χ4n) is 3.50. The summed E-state index contributed by atoms with van der Waals surface area (Å²) in [5.74, 6) is 1.07. The molecule has 2 aromatic rings. The van der Waals surface area contributed by atoms with Gasteiger partial charge in [0.05, 0.1) is 5.69 Å². The lowest BCUT2D eigenvalue weighted by molar-refractivity contribution is -0.117. The molecule has 1 amide bonds. The summed E-state index contributed by atoms with van der Waals surface area (Å²) in [7, 11) is -2.43. The number of aryl methyl sites for hydroxylation is 1. The van der Waals surface area contributed by atoms with Gasteiger partial charge >= 0.3 is 0 Å². The van der Waals surface area contributed by atoms with Gasteiger partial charge in [-0.05, 0) is 57.7 Å². The molecule has 1 fully saturated rings. The highest BCUT2D eigenvalue weighted by Gasteiger charge is 2.26. The van der Waals surface area contributed by atoms with Crippen LogP contribution >= 0.6 is 7.14 Å².